The zero-order valence-corrected chi connectivity index (χ0v) is 8.61. The summed E-state index contributed by atoms with van der Waals surface area (Å²) < 4.78 is 1.26. The SMILES string of the molecule is Cc1cccc(I)c1CCl. The number of hydrogen-bond donors (Lipinski definition) is 0. The number of rotatable bonds is 1. The average molecular weight is 267 g/mol. The molecule has 10 heavy (non-hydrogen) atoms. The Labute approximate surface area is 79.7 Å². The lowest BCUT2D eigenvalue weighted by Crippen LogP contribution is -1.87. The number of alkyl halides is 1. The average Bonchev–Trinajstić information content (AvgIpc) is 1.88. The lowest BCUT2D eigenvalue weighted by atomic mass is 10.1. The van der Waals surface area contributed by atoms with Crippen LogP contribution >= 0.6 is 34.2 Å². The van der Waals surface area contributed by atoms with Crippen LogP contribution in [0.15, 0.2) is 18.2 Å². The second-order valence-electron chi connectivity index (χ2n) is 2.17. The van der Waals surface area contributed by atoms with Crippen LogP contribution in [0.25, 0.3) is 0 Å². The molecule has 0 amide bonds. The normalized spacial score (nSPS) is 9.90. The van der Waals surface area contributed by atoms with Crippen LogP contribution in [0.3, 0.4) is 0 Å². The predicted molar refractivity (Wildman–Crippen MR) is 53.5 cm³/mol. The molecule has 1 aromatic rings. The smallest absolute Gasteiger partial charge is 0.0487 e. The molecule has 1 rings (SSSR count). The highest BCUT2D eigenvalue weighted by Crippen LogP contribution is 2.17. The monoisotopic (exact) mass is 266 g/mol. The first-order chi connectivity index (χ1) is 4.75. The van der Waals surface area contributed by atoms with E-state index in [0.717, 1.165) is 0 Å². The van der Waals surface area contributed by atoms with E-state index in [1.165, 1.54) is 14.7 Å². The van der Waals surface area contributed by atoms with Crippen LogP contribution in [-0.2, 0) is 5.88 Å². The first-order valence-corrected chi connectivity index (χ1v) is 4.67. The van der Waals surface area contributed by atoms with Crippen LogP contribution in [0.1, 0.15) is 11.1 Å². The van der Waals surface area contributed by atoms with Gasteiger partial charge in [0, 0.05) is 9.45 Å². The van der Waals surface area contributed by atoms with Crippen molar-refractivity contribution in [1.29, 1.82) is 0 Å². The zero-order valence-electron chi connectivity index (χ0n) is 5.70. The summed E-state index contributed by atoms with van der Waals surface area (Å²) in [6, 6.07) is 6.21. The minimum Gasteiger partial charge on any atom is -0.121 e. The molecule has 54 valence electrons. The summed E-state index contributed by atoms with van der Waals surface area (Å²) >= 11 is 8.03. The number of aryl methyl sites for hydroxylation is 1. The molecule has 0 heterocycles. The third-order valence-corrected chi connectivity index (χ3v) is 2.76. The Morgan fingerprint density at radius 3 is 2.60 bits per heavy atom. The van der Waals surface area contributed by atoms with Crippen LogP contribution in [-0.4, -0.2) is 0 Å². The Hall–Kier alpha value is 0.240. The molecule has 0 radical (unpaired) electrons. The highest BCUT2D eigenvalue weighted by Gasteiger charge is 1.99. The molecule has 0 fully saturated rings. The molecule has 2 heteroatoms. The fourth-order valence-corrected chi connectivity index (χ4v) is 2.24. The third kappa shape index (κ3) is 1.64. The van der Waals surface area contributed by atoms with Crippen molar-refractivity contribution in [3.05, 3.63) is 32.9 Å². The highest BCUT2D eigenvalue weighted by atomic mass is 127. The number of hydrogen-bond acceptors (Lipinski definition) is 0. The molecule has 0 saturated carbocycles. The summed E-state index contributed by atoms with van der Waals surface area (Å²) in [6.45, 7) is 2.08. The number of halogens is 2. The molecule has 0 aliphatic rings. The van der Waals surface area contributed by atoms with Crippen molar-refractivity contribution in [2.24, 2.45) is 0 Å². The summed E-state index contributed by atoms with van der Waals surface area (Å²) in [6.07, 6.45) is 0. The van der Waals surface area contributed by atoms with E-state index in [1.807, 2.05) is 6.07 Å². The molecule has 0 saturated heterocycles. The molecule has 0 N–H and O–H groups in total. The van der Waals surface area contributed by atoms with Gasteiger partial charge < -0.3 is 0 Å². The molecule has 0 aliphatic carbocycles. The first kappa shape index (κ1) is 8.34. The predicted octanol–water partition coefficient (Wildman–Crippen LogP) is 3.34. The Kier molecular flexibility index (Phi) is 2.98. The van der Waals surface area contributed by atoms with Gasteiger partial charge in [0.15, 0.2) is 0 Å². The molecule has 0 aromatic heterocycles. The summed E-state index contributed by atoms with van der Waals surface area (Å²) in [5.74, 6) is 0.616. The van der Waals surface area contributed by atoms with Gasteiger partial charge in [-0.05, 0) is 46.7 Å². The van der Waals surface area contributed by atoms with Gasteiger partial charge in [0.1, 0.15) is 0 Å². The van der Waals surface area contributed by atoms with Crippen LogP contribution in [0.4, 0.5) is 0 Å². The van der Waals surface area contributed by atoms with Gasteiger partial charge in [-0.3, -0.25) is 0 Å². The van der Waals surface area contributed by atoms with E-state index in [1.54, 1.807) is 0 Å². The molecular formula is C8H8ClI. The standard InChI is InChI=1S/C8H8ClI/c1-6-3-2-4-8(10)7(6)5-9/h2-4H,5H2,1H3. The fourth-order valence-electron chi connectivity index (χ4n) is 0.836. The van der Waals surface area contributed by atoms with Gasteiger partial charge in [0.2, 0.25) is 0 Å². The molecule has 1 aromatic carbocycles. The van der Waals surface area contributed by atoms with Crippen LogP contribution in [0, 0.1) is 10.5 Å². The van der Waals surface area contributed by atoms with Gasteiger partial charge >= 0.3 is 0 Å². The summed E-state index contributed by atoms with van der Waals surface area (Å²) in [5.41, 5.74) is 2.53. The largest absolute Gasteiger partial charge is 0.121 e. The van der Waals surface area contributed by atoms with E-state index in [-0.39, 0.29) is 0 Å². The molecule has 0 unspecified atom stereocenters. The van der Waals surface area contributed by atoms with Crippen LogP contribution < -0.4 is 0 Å². The summed E-state index contributed by atoms with van der Waals surface area (Å²) in [5, 5.41) is 0. The molecule has 0 nitrogen and oxygen atoms in total. The second kappa shape index (κ2) is 3.58. The number of benzene rings is 1. The Bertz CT molecular complexity index is 212. The van der Waals surface area contributed by atoms with Crippen molar-refractivity contribution in [2.75, 3.05) is 0 Å². The van der Waals surface area contributed by atoms with E-state index in [4.69, 9.17) is 11.6 Å². The van der Waals surface area contributed by atoms with Crippen LogP contribution in [0.5, 0.6) is 0 Å². The summed E-state index contributed by atoms with van der Waals surface area (Å²) in [4.78, 5) is 0. The maximum atomic E-state index is 5.73. The van der Waals surface area contributed by atoms with Crippen molar-refractivity contribution in [1.82, 2.24) is 0 Å². The van der Waals surface area contributed by atoms with Gasteiger partial charge in [0.25, 0.3) is 0 Å². The van der Waals surface area contributed by atoms with E-state index in [9.17, 15) is 0 Å². The molecular weight excluding hydrogens is 258 g/mol. The lowest BCUT2D eigenvalue weighted by molar-refractivity contribution is 1.27. The topological polar surface area (TPSA) is 0 Å². The Balaban J connectivity index is 3.17. The van der Waals surface area contributed by atoms with Crippen molar-refractivity contribution < 1.29 is 0 Å². The van der Waals surface area contributed by atoms with Gasteiger partial charge in [-0.2, -0.15) is 0 Å². The minimum absolute atomic E-state index is 0.616. The lowest BCUT2D eigenvalue weighted by Gasteiger charge is -2.02. The molecule has 0 atom stereocenters. The van der Waals surface area contributed by atoms with Crippen molar-refractivity contribution in [3.63, 3.8) is 0 Å². The van der Waals surface area contributed by atoms with Crippen molar-refractivity contribution in [2.45, 2.75) is 12.8 Å². The van der Waals surface area contributed by atoms with Crippen molar-refractivity contribution in [3.8, 4) is 0 Å². The maximum Gasteiger partial charge on any atom is 0.0487 e. The molecule has 0 aliphatic heterocycles. The Morgan fingerprint density at radius 1 is 1.50 bits per heavy atom. The van der Waals surface area contributed by atoms with Gasteiger partial charge in [-0.25, -0.2) is 0 Å². The van der Waals surface area contributed by atoms with E-state index < -0.39 is 0 Å². The van der Waals surface area contributed by atoms with Crippen LogP contribution in [0.2, 0.25) is 0 Å². The van der Waals surface area contributed by atoms with Gasteiger partial charge in [-0.1, -0.05) is 12.1 Å². The second-order valence-corrected chi connectivity index (χ2v) is 3.60. The summed E-state index contributed by atoms with van der Waals surface area (Å²) in [7, 11) is 0. The van der Waals surface area contributed by atoms with E-state index in [0.29, 0.717) is 5.88 Å². The third-order valence-electron chi connectivity index (χ3n) is 1.49. The maximum absolute atomic E-state index is 5.73. The van der Waals surface area contributed by atoms with Gasteiger partial charge in [-0.15, -0.1) is 11.6 Å². The first-order valence-electron chi connectivity index (χ1n) is 3.05. The Morgan fingerprint density at radius 2 is 2.20 bits per heavy atom. The zero-order chi connectivity index (χ0) is 7.56. The minimum atomic E-state index is 0.616. The fraction of sp³-hybridized carbons (Fsp3) is 0.250. The van der Waals surface area contributed by atoms with Crippen molar-refractivity contribution >= 4 is 34.2 Å². The quantitative estimate of drug-likeness (QED) is 0.540. The van der Waals surface area contributed by atoms with E-state index >= 15 is 0 Å². The molecule has 0 spiro atoms. The van der Waals surface area contributed by atoms with E-state index in [2.05, 4.69) is 41.6 Å². The highest BCUT2D eigenvalue weighted by molar-refractivity contribution is 14.1. The molecule has 0 bridgehead atoms. The van der Waals surface area contributed by atoms with Gasteiger partial charge in [0.05, 0.1) is 0 Å².